The summed E-state index contributed by atoms with van der Waals surface area (Å²) >= 11 is 11.6. The molecule has 0 saturated heterocycles. The molecule has 0 fully saturated rings. The van der Waals surface area contributed by atoms with Crippen molar-refractivity contribution in [1.29, 1.82) is 0 Å². The van der Waals surface area contributed by atoms with Gasteiger partial charge in [-0.05, 0) is 18.2 Å². The van der Waals surface area contributed by atoms with Crippen LogP contribution in [0.25, 0.3) is 11.5 Å². The Kier molecular flexibility index (Phi) is 2.25. The van der Waals surface area contributed by atoms with Crippen molar-refractivity contribution in [3.63, 3.8) is 0 Å². The molecule has 0 saturated carbocycles. The first-order valence-electron chi connectivity index (χ1n) is 3.61. The SMILES string of the molecule is Clc1cc(Cl)cc(-c2ncco2)c1. The van der Waals surface area contributed by atoms with E-state index in [0.717, 1.165) is 5.56 Å². The van der Waals surface area contributed by atoms with Crippen molar-refractivity contribution in [3.05, 3.63) is 40.7 Å². The van der Waals surface area contributed by atoms with Gasteiger partial charge in [-0.3, -0.25) is 0 Å². The van der Waals surface area contributed by atoms with Crippen LogP contribution in [0, 0.1) is 0 Å². The fourth-order valence-corrected chi connectivity index (χ4v) is 1.57. The molecule has 4 heteroatoms. The molecule has 0 unspecified atom stereocenters. The summed E-state index contributed by atoms with van der Waals surface area (Å²) in [5, 5.41) is 1.14. The molecule has 2 rings (SSSR count). The van der Waals surface area contributed by atoms with Crippen LogP contribution in [0.4, 0.5) is 0 Å². The molecule has 2 nitrogen and oxygen atoms in total. The maximum Gasteiger partial charge on any atom is 0.225 e. The van der Waals surface area contributed by atoms with Crippen LogP contribution in [0.15, 0.2) is 35.1 Å². The predicted molar refractivity (Wildman–Crippen MR) is 52.0 cm³/mol. The summed E-state index contributed by atoms with van der Waals surface area (Å²) in [4.78, 5) is 3.98. The Morgan fingerprint density at radius 1 is 1.08 bits per heavy atom. The molecule has 0 aliphatic heterocycles. The molecular formula is C9H5Cl2NO. The fraction of sp³-hybridized carbons (Fsp3) is 0. The summed E-state index contributed by atoms with van der Waals surface area (Å²) in [5.74, 6) is 0.518. The Bertz CT molecular complexity index is 391. The molecule has 0 spiro atoms. The molecule has 1 aromatic carbocycles. The average Bonchev–Trinajstić information content (AvgIpc) is 2.53. The van der Waals surface area contributed by atoms with Crippen molar-refractivity contribution in [2.24, 2.45) is 0 Å². The van der Waals surface area contributed by atoms with Crippen LogP contribution in [-0.4, -0.2) is 4.98 Å². The zero-order chi connectivity index (χ0) is 9.26. The van der Waals surface area contributed by atoms with Gasteiger partial charge in [0.25, 0.3) is 0 Å². The summed E-state index contributed by atoms with van der Waals surface area (Å²) in [7, 11) is 0. The third kappa shape index (κ3) is 1.85. The van der Waals surface area contributed by atoms with Gasteiger partial charge in [-0.1, -0.05) is 23.2 Å². The Morgan fingerprint density at radius 2 is 1.77 bits per heavy atom. The van der Waals surface area contributed by atoms with Crippen molar-refractivity contribution in [2.45, 2.75) is 0 Å². The number of benzene rings is 1. The van der Waals surface area contributed by atoms with E-state index in [1.165, 1.54) is 6.26 Å². The van der Waals surface area contributed by atoms with Crippen LogP contribution >= 0.6 is 23.2 Å². The molecule has 0 N–H and O–H groups in total. The second-order valence-corrected chi connectivity index (χ2v) is 3.37. The molecule has 1 aromatic heterocycles. The molecule has 66 valence electrons. The maximum atomic E-state index is 5.81. The van der Waals surface area contributed by atoms with Gasteiger partial charge < -0.3 is 4.42 Å². The highest BCUT2D eigenvalue weighted by Gasteiger charge is 2.04. The average molecular weight is 214 g/mol. The molecule has 0 amide bonds. The van der Waals surface area contributed by atoms with E-state index in [2.05, 4.69) is 4.98 Å². The third-order valence-corrected chi connectivity index (χ3v) is 1.98. The zero-order valence-electron chi connectivity index (χ0n) is 6.50. The summed E-state index contributed by atoms with van der Waals surface area (Å²) in [6.07, 6.45) is 3.08. The van der Waals surface area contributed by atoms with Gasteiger partial charge in [0.05, 0.1) is 6.20 Å². The largest absolute Gasteiger partial charge is 0.445 e. The Hall–Kier alpha value is -0.990. The molecule has 0 bridgehead atoms. The molecule has 0 aliphatic carbocycles. The first kappa shape index (κ1) is 8.60. The second kappa shape index (κ2) is 3.40. The van der Waals surface area contributed by atoms with E-state index in [1.54, 1.807) is 24.4 Å². The van der Waals surface area contributed by atoms with Crippen molar-refractivity contribution < 1.29 is 4.42 Å². The standard InChI is InChI=1S/C9H5Cl2NO/c10-7-3-6(4-8(11)5-7)9-12-1-2-13-9/h1-5H. The lowest BCUT2D eigenvalue weighted by Crippen LogP contribution is -1.77. The summed E-state index contributed by atoms with van der Waals surface area (Å²) in [6, 6.07) is 5.16. The first-order valence-corrected chi connectivity index (χ1v) is 4.37. The van der Waals surface area contributed by atoms with Crippen LogP contribution in [0.3, 0.4) is 0 Å². The van der Waals surface area contributed by atoms with Crippen LogP contribution in [0.5, 0.6) is 0 Å². The summed E-state index contributed by atoms with van der Waals surface area (Å²) < 4.78 is 5.10. The molecule has 1 heterocycles. The number of hydrogen-bond acceptors (Lipinski definition) is 2. The van der Waals surface area contributed by atoms with Crippen molar-refractivity contribution in [1.82, 2.24) is 4.98 Å². The summed E-state index contributed by atoms with van der Waals surface area (Å²) in [5.41, 5.74) is 0.780. The topological polar surface area (TPSA) is 26.0 Å². The van der Waals surface area contributed by atoms with Crippen LogP contribution in [0.2, 0.25) is 10.0 Å². The minimum atomic E-state index is 0.518. The van der Waals surface area contributed by atoms with Crippen LogP contribution in [-0.2, 0) is 0 Å². The van der Waals surface area contributed by atoms with E-state index in [1.807, 2.05) is 0 Å². The lowest BCUT2D eigenvalue weighted by atomic mass is 10.2. The Balaban J connectivity index is 2.53. The van der Waals surface area contributed by atoms with E-state index >= 15 is 0 Å². The van der Waals surface area contributed by atoms with Crippen LogP contribution in [0.1, 0.15) is 0 Å². The third-order valence-electron chi connectivity index (χ3n) is 1.54. The van der Waals surface area contributed by atoms with Gasteiger partial charge >= 0.3 is 0 Å². The first-order chi connectivity index (χ1) is 6.25. The van der Waals surface area contributed by atoms with Gasteiger partial charge in [-0.2, -0.15) is 0 Å². The van der Waals surface area contributed by atoms with Crippen molar-refractivity contribution >= 4 is 23.2 Å². The fourth-order valence-electron chi connectivity index (χ4n) is 1.04. The highest BCUT2D eigenvalue weighted by molar-refractivity contribution is 6.35. The van der Waals surface area contributed by atoms with Gasteiger partial charge in [0.15, 0.2) is 0 Å². The number of oxazole rings is 1. The van der Waals surface area contributed by atoms with E-state index in [4.69, 9.17) is 27.6 Å². The maximum absolute atomic E-state index is 5.81. The van der Waals surface area contributed by atoms with Crippen molar-refractivity contribution in [2.75, 3.05) is 0 Å². The van der Waals surface area contributed by atoms with Crippen LogP contribution < -0.4 is 0 Å². The predicted octanol–water partition coefficient (Wildman–Crippen LogP) is 3.65. The van der Waals surface area contributed by atoms with Gasteiger partial charge in [0, 0.05) is 15.6 Å². The molecule has 0 radical (unpaired) electrons. The second-order valence-electron chi connectivity index (χ2n) is 2.50. The van der Waals surface area contributed by atoms with E-state index < -0.39 is 0 Å². The molecule has 0 atom stereocenters. The minimum absolute atomic E-state index is 0.518. The highest BCUT2D eigenvalue weighted by atomic mass is 35.5. The van der Waals surface area contributed by atoms with Gasteiger partial charge in [0.1, 0.15) is 6.26 Å². The van der Waals surface area contributed by atoms with E-state index in [0.29, 0.717) is 15.9 Å². The van der Waals surface area contributed by atoms with Gasteiger partial charge in [0.2, 0.25) is 5.89 Å². The Morgan fingerprint density at radius 3 is 2.31 bits per heavy atom. The van der Waals surface area contributed by atoms with Gasteiger partial charge in [-0.25, -0.2) is 4.98 Å². The number of halogens is 2. The van der Waals surface area contributed by atoms with Gasteiger partial charge in [-0.15, -0.1) is 0 Å². The monoisotopic (exact) mass is 213 g/mol. The molecule has 2 aromatic rings. The minimum Gasteiger partial charge on any atom is -0.445 e. The van der Waals surface area contributed by atoms with Crippen molar-refractivity contribution in [3.8, 4) is 11.5 Å². The van der Waals surface area contributed by atoms with E-state index in [9.17, 15) is 0 Å². The molecule has 13 heavy (non-hydrogen) atoms. The molecular weight excluding hydrogens is 209 g/mol. The number of nitrogens with zero attached hydrogens (tertiary/aromatic N) is 1. The quantitative estimate of drug-likeness (QED) is 0.723. The normalized spacial score (nSPS) is 10.3. The molecule has 0 aliphatic rings. The zero-order valence-corrected chi connectivity index (χ0v) is 8.01. The lowest BCUT2D eigenvalue weighted by Gasteiger charge is -1.97. The van der Waals surface area contributed by atoms with E-state index in [-0.39, 0.29) is 0 Å². The Labute approximate surface area is 85.1 Å². The number of rotatable bonds is 1. The summed E-state index contributed by atoms with van der Waals surface area (Å²) in [6.45, 7) is 0. The lowest BCUT2D eigenvalue weighted by molar-refractivity contribution is 0.574. The highest BCUT2D eigenvalue weighted by Crippen LogP contribution is 2.25. The number of aromatic nitrogens is 1. The number of hydrogen-bond donors (Lipinski definition) is 0. The smallest absolute Gasteiger partial charge is 0.225 e.